The van der Waals surface area contributed by atoms with Crippen LogP contribution in [0.4, 0.5) is 0 Å². The summed E-state index contributed by atoms with van der Waals surface area (Å²) in [6, 6.07) is 7.46. The van der Waals surface area contributed by atoms with Crippen molar-refractivity contribution in [3.05, 3.63) is 34.9 Å². The lowest BCUT2D eigenvalue weighted by atomic mass is 10.1. The number of ether oxygens (including phenoxy) is 2. The van der Waals surface area contributed by atoms with Crippen LogP contribution in [-0.2, 0) is 14.3 Å². The summed E-state index contributed by atoms with van der Waals surface area (Å²) in [6.45, 7) is 1.84. The number of esters is 1. The molecule has 1 fully saturated rings. The van der Waals surface area contributed by atoms with Crippen LogP contribution in [0.2, 0.25) is 5.02 Å². The van der Waals surface area contributed by atoms with Gasteiger partial charge in [0.25, 0.3) is 0 Å². The molecule has 1 aromatic rings. The van der Waals surface area contributed by atoms with E-state index in [0.717, 1.165) is 18.4 Å². The molecule has 0 radical (unpaired) electrons. The number of halogens is 1. The predicted molar refractivity (Wildman–Crippen MR) is 74.1 cm³/mol. The largest absolute Gasteiger partial charge is 0.460 e. The van der Waals surface area contributed by atoms with Gasteiger partial charge in [-0.05, 0) is 31.7 Å². The molecule has 0 spiro atoms. The van der Waals surface area contributed by atoms with Gasteiger partial charge in [0.15, 0.2) is 0 Å². The quantitative estimate of drug-likeness (QED) is 0.745. The van der Waals surface area contributed by atoms with Crippen molar-refractivity contribution >= 4 is 17.6 Å². The summed E-state index contributed by atoms with van der Waals surface area (Å²) in [5.41, 5.74) is 0.846. The average molecular weight is 283 g/mol. The lowest BCUT2D eigenvalue weighted by Crippen LogP contribution is -2.24. The van der Waals surface area contributed by atoms with Gasteiger partial charge in [-0.1, -0.05) is 29.8 Å². The summed E-state index contributed by atoms with van der Waals surface area (Å²) in [6.07, 6.45) is 2.11. The molecule has 1 aromatic carbocycles. The SMILES string of the molecule is CO[C@@H](c1ccccc1Cl)[C@H](C)OC(=O)CC1CC1. The molecule has 0 amide bonds. The van der Waals surface area contributed by atoms with E-state index in [1.165, 1.54) is 0 Å². The molecule has 1 saturated carbocycles. The van der Waals surface area contributed by atoms with Gasteiger partial charge in [-0.2, -0.15) is 0 Å². The molecular weight excluding hydrogens is 264 g/mol. The fourth-order valence-corrected chi connectivity index (χ4v) is 2.40. The summed E-state index contributed by atoms with van der Waals surface area (Å²) in [4.78, 5) is 11.7. The molecule has 4 heteroatoms. The zero-order valence-corrected chi connectivity index (χ0v) is 12.0. The van der Waals surface area contributed by atoms with Gasteiger partial charge in [0.05, 0.1) is 0 Å². The van der Waals surface area contributed by atoms with Crippen LogP contribution in [-0.4, -0.2) is 19.2 Å². The summed E-state index contributed by atoms with van der Waals surface area (Å²) in [5.74, 6) is 0.380. The maximum Gasteiger partial charge on any atom is 0.306 e. The molecule has 19 heavy (non-hydrogen) atoms. The zero-order chi connectivity index (χ0) is 13.8. The van der Waals surface area contributed by atoms with Crippen LogP contribution < -0.4 is 0 Å². The Morgan fingerprint density at radius 2 is 2.11 bits per heavy atom. The number of methoxy groups -OCH3 is 1. The van der Waals surface area contributed by atoms with Crippen molar-refractivity contribution in [1.29, 1.82) is 0 Å². The van der Waals surface area contributed by atoms with E-state index >= 15 is 0 Å². The highest BCUT2D eigenvalue weighted by molar-refractivity contribution is 6.31. The minimum atomic E-state index is -0.351. The first kappa shape index (κ1) is 14.4. The van der Waals surface area contributed by atoms with E-state index < -0.39 is 0 Å². The Labute approximate surface area is 118 Å². The molecule has 104 valence electrons. The van der Waals surface area contributed by atoms with Crippen LogP contribution in [0.1, 0.15) is 37.9 Å². The number of carbonyl (C=O) groups excluding carboxylic acids is 1. The van der Waals surface area contributed by atoms with E-state index in [2.05, 4.69) is 0 Å². The van der Waals surface area contributed by atoms with Crippen LogP contribution in [0.5, 0.6) is 0 Å². The number of hydrogen-bond donors (Lipinski definition) is 0. The van der Waals surface area contributed by atoms with Gasteiger partial charge in [0.1, 0.15) is 12.2 Å². The maximum absolute atomic E-state index is 11.7. The summed E-state index contributed by atoms with van der Waals surface area (Å²) < 4.78 is 10.9. The van der Waals surface area contributed by atoms with E-state index in [1.54, 1.807) is 7.11 Å². The number of benzene rings is 1. The molecule has 0 saturated heterocycles. The van der Waals surface area contributed by atoms with E-state index in [9.17, 15) is 4.79 Å². The molecule has 3 nitrogen and oxygen atoms in total. The topological polar surface area (TPSA) is 35.5 Å². The van der Waals surface area contributed by atoms with Crippen molar-refractivity contribution in [3.63, 3.8) is 0 Å². The standard InChI is InChI=1S/C15H19ClO3/c1-10(19-14(17)9-11-7-8-11)15(18-2)12-5-3-4-6-13(12)16/h3-6,10-11,15H,7-9H2,1-2H3/t10-,15+/m0/s1. The third kappa shape index (κ3) is 3.95. The fraction of sp³-hybridized carbons (Fsp3) is 0.533. The second kappa shape index (κ2) is 6.40. The van der Waals surface area contributed by atoms with Gasteiger partial charge >= 0.3 is 5.97 Å². The lowest BCUT2D eigenvalue weighted by molar-refractivity contribution is -0.155. The fourth-order valence-electron chi connectivity index (χ4n) is 2.15. The minimum Gasteiger partial charge on any atom is -0.460 e. The number of rotatable bonds is 6. The van der Waals surface area contributed by atoms with Crippen molar-refractivity contribution in [2.75, 3.05) is 7.11 Å². The molecule has 1 aliphatic rings. The molecule has 0 unspecified atom stereocenters. The highest BCUT2D eigenvalue weighted by atomic mass is 35.5. The van der Waals surface area contributed by atoms with E-state index in [1.807, 2.05) is 31.2 Å². The number of carbonyl (C=O) groups is 1. The molecule has 2 rings (SSSR count). The average Bonchev–Trinajstić information content (AvgIpc) is 3.16. The normalized spacial score (nSPS) is 17.8. The smallest absolute Gasteiger partial charge is 0.306 e. The van der Waals surface area contributed by atoms with Gasteiger partial charge < -0.3 is 9.47 Å². The molecule has 1 aliphatic carbocycles. The van der Waals surface area contributed by atoms with Crippen LogP contribution in [0.25, 0.3) is 0 Å². The summed E-state index contributed by atoms with van der Waals surface area (Å²) >= 11 is 6.15. The Morgan fingerprint density at radius 3 is 2.68 bits per heavy atom. The van der Waals surface area contributed by atoms with Crippen molar-refractivity contribution in [2.45, 2.75) is 38.4 Å². The van der Waals surface area contributed by atoms with Gasteiger partial charge in [-0.3, -0.25) is 4.79 Å². The molecule has 0 heterocycles. The van der Waals surface area contributed by atoms with E-state index in [0.29, 0.717) is 17.4 Å². The zero-order valence-electron chi connectivity index (χ0n) is 11.3. The third-order valence-electron chi connectivity index (χ3n) is 3.36. The van der Waals surface area contributed by atoms with E-state index in [4.69, 9.17) is 21.1 Å². The van der Waals surface area contributed by atoms with Gasteiger partial charge in [0, 0.05) is 24.1 Å². The first-order valence-electron chi connectivity index (χ1n) is 6.58. The molecule has 0 bridgehead atoms. The van der Waals surface area contributed by atoms with Gasteiger partial charge in [0.2, 0.25) is 0 Å². The van der Waals surface area contributed by atoms with Gasteiger partial charge in [-0.15, -0.1) is 0 Å². The van der Waals surface area contributed by atoms with Crippen LogP contribution in [0.15, 0.2) is 24.3 Å². The minimum absolute atomic E-state index is 0.149. The van der Waals surface area contributed by atoms with E-state index in [-0.39, 0.29) is 18.2 Å². The van der Waals surface area contributed by atoms with Crippen molar-refractivity contribution in [3.8, 4) is 0 Å². The Kier molecular flexibility index (Phi) is 4.83. The predicted octanol–water partition coefficient (Wildman–Crippen LogP) is 3.76. The first-order chi connectivity index (χ1) is 9.11. The van der Waals surface area contributed by atoms with Crippen LogP contribution in [0.3, 0.4) is 0 Å². The molecule has 2 atom stereocenters. The monoisotopic (exact) mass is 282 g/mol. The molecule has 0 N–H and O–H groups in total. The highest BCUT2D eigenvalue weighted by Gasteiger charge is 2.28. The Morgan fingerprint density at radius 1 is 1.42 bits per heavy atom. The van der Waals surface area contributed by atoms with Crippen LogP contribution >= 0.6 is 11.6 Å². The first-order valence-corrected chi connectivity index (χ1v) is 6.96. The summed E-state index contributed by atoms with van der Waals surface area (Å²) in [7, 11) is 1.60. The maximum atomic E-state index is 11.7. The second-order valence-electron chi connectivity index (χ2n) is 5.02. The second-order valence-corrected chi connectivity index (χ2v) is 5.43. The van der Waals surface area contributed by atoms with Crippen molar-refractivity contribution in [1.82, 2.24) is 0 Å². The summed E-state index contributed by atoms with van der Waals surface area (Å²) in [5, 5.41) is 0.624. The Bertz CT molecular complexity index is 443. The Balaban J connectivity index is 1.99. The van der Waals surface area contributed by atoms with Crippen LogP contribution in [0, 0.1) is 5.92 Å². The molecule has 0 aromatic heterocycles. The third-order valence-corrected chi connectivity index (χ3v) is 3.71. The van der Waals surface area contributed by atoms with Crippen molar-refractivity contribution < 1.29 is 14.3 Å². The Hall–Kier alpha value is -1.06. The van der Waals surface area contributed by atoms with Gasteiger partial charge in [-0.25, -0.2) is 0 Å². The molecule has 0 aliphatic heterocycles. The molecular formula is C15H19ClO3. The highest BCUT2D eigenvalue weighted by Crippen LogP contribution is 2.34. The lowest BCUT2D eigenvalue weighted by Gasteiger charge is -2.24. The van der Waals surface area contributed by atoms with Crippen molar-refractivity contribution in [2.24, 2.45) is 5.92 Å². The number of hydrogen-bond acceptors (Lipinski definition) is 3.